The Morgan fingerprint density at radius 2 is 2.19 bits per heavy atom. The molecular formula is C20H27N5O2. The number of H-pyrrole nitrogens is 1. The molecule has 1 aromatic carbocycles. The van der Waals surface area contributed by atoms with Gasteiger partial charge in [-0.3, -0.25) is 14.5 Å². The van der Waals surface area contributed by atoms with Gasteiger partial charge < -0.3 is 10.3 Å². The zero-order valence-corrected chi connectivity index (χ0v) is 16.2. The topological polar surface area (TPSA) is 102 Å². The summed E-state index contributed by atoms with van der Waals surface area (Å²) in [5.41, 5.74) is 1.53. The Morgan fingerprint density at radius 3 is 2.85 bits per heavy atom. The van der Waals surface area contributed by atoms with Gasteiger partial charge in [0.05, 0.1) is 29.9 Å². The van der Waals surface area contributed by atoms with Crippen LogP contribution < -0.4 is 10.9 Å². The van der Waals surface area contributed by atoms with Crippen LogP contribution >= 0.6 is 0 Å². The molecule has 1 amide bonds. The number of benzene rings is 1. The third-order valence-corrected chi connectivity index (χ3v) is 4.66. The van der Waals surface area contributed by atoms with E-state index in [0.717, 1.165) is 18.5 Å². The molecule has 1 unspecified atom stereocenters. The molecule has 0 saturated heterocycles. The highest BCUT2D eigenvalue weighted by atomic mass is 16.1. The van der Waals surface area contributed by atoms with Gasteiger partial charge in [0.25, 0.3) is 5.56 Å². The fourth-order valence-electron chi connectivity index (χ4n) is 2.95. The molecule has 1 heterocycles. The summed E-state index contributed by atoms with van der Waals surface area (Å²) in [7, 11) is 0. The molecule has 2 N–H and O–H groups in total. The Hall–Kier alpha value is -2.72. The molecule has 0 radical (unpaired) electrons. The van der Waals surface area contributed by atoms with Crippen LogP contribution in [0.25, 0.3) is 10.9 Å². The van der Waals surface area contributed by atoms with E-state index in [1.807, 2.05) is 32.9 Å². The molecule has 144 valence electrons. The van der Waals surface area contributed by atoms with Gasteiger partial charge in [0.1, 0.15) is 5.82 Å². The third-order valence-electron chi connectivity index (χ3n) is 4.66. The normalized spacial score (nSPS) is 12.1. The number of hydrogen-bond donors (Lipinski definition) is 2. The minimum atomic E-state index is -0.144. The molecule has 7 heteroatoms. The van der Waals surface area contributed by atoms with Crippen LogP contribution in [0, 0.1) is 18.3 Å². The number of aromatic nitrogens is 2. The Labute approximate surface area is 159 Å². The molecule has 7 nitrogen and oxygen atoms in total. The highest BCUT2D eigenvalue weighted by Crippen LogP contribution is 2.12. The maximum atomic E-state index is 12.3. The maximum absolute atomic E-state index is 12.3. The second-order valence-corrected chi connectivity index (χ2v) is 6.64. The van der Waals surface area contributed by atoms with Gasteiger partial charge in [-0.25, -0.2) is 4.98 Å². The van der Waals surface area contributed by atoms with E-state index in [1.165, 1.54) is 0 Å². The maximum Gasteiger partial charge on any atom is 0.258 e. The molecular weight excluding hydrogens is 342 g/mol. The monoisotopic (exact) mass is 369 g/mol. The van der Waals surface area contributed by atoms with Crippen molar-refractivity contribution < 1.29 is 4.79 Å². The number of nitrogens with one attached hydrogen (secondary N) is 2. The summed E-state index contributed by atoms with van der Waals surface area (Å²) in [6.45, 7) is 7.65. The van der Waals surface area contributed by atoms with Crippen molar-refractivity contribution in [3.8, 4) is 6.07 Å². The highest BCUT2D eigenvalue weighted by Gasteiger charge is 2.13. The van der Waals surface area contributed by atoms with Crippen molar-refractivity contribution in [1.82, 2.24) is 20.2 Å². The standard InChI is InChI=1S/C20H27N5O2/c1-4-15(9-11-21)22-18(26)10-12-25(5-2)13-17-23-19-14(3)7-6-8-16(19)20(27)24-17/h6-8,15H,4-5,9-10,12-13H2,1-3H3,(H,22,26)(H,23,24,27). The Morgan fingerprint density at radius 1 is 1.41 bits per heavy atom. The lowest BCUT2D eigenvalue weighted by atomic mass is 10.1. The average Bonchev–Trinajstić information content (AvgIpc) is 2.65. The van der Waals surface area contributed by atoms with Crippen LogP contribution in [0.2, 0.25) is 0 Å². The number of rotatable bonds is 9. The molecule has 0 bridgehead atoms. The van der Waals surface area contributed by atoms with Crippen LogP contribution in [0.4, 0.5) is 0 Å². The molecule has 0 saturated carbocycles. The third kappa shape index (κ3) is 5.63. The SMILES string of the molecule is CCC(CC#N)NC(=O)CCN(CC)Cc1nc2c(C)cccc2c(=O)[nH]1. The van der Waals surface area contributed by atoms with Crippen molar-refractivity contribution in [2.24, 2.45) is 0 Å². The van der Waals surface area contributed by atoms with Crippen LogP contribution in [-0.4, -0.2) is 39.9 Å². The molecule has 0 aliphatic rings. The number of fused-ring (bicyclic) bond motifs is 1. The van der Waals surface area contributed by atoms with Gasteiger partial charge in [-0.05, 0) is 31.5 Å². The first kappa shape index (κ1) is 20.6. The number of amides is 1. The van der Waals surface area contributed by atoms with Gasteiger partial charge >= 0.3 is 0 Å². The largest absolute Gasteiger partial charge is 0.352 e. The van der Waals surface area contributed by atoms with E-state index in [0.29, 0.717) is 42.7 Å². The van der Waals surface area contributed by atoms with Crippen molar-refractivity contribution in [1.29, 1.82) is 5.26 Å². The van der Waals surface area contributed by atoms with E-state index in [9.17, 15) is 9.59 Å². The Balaban J connectivity index is 2.02. The number of aryl methyl sites for hydroxylation is 1. The van der Waals surface area contributed by atoms with Crippen LogP contribution in [0.15, 0.2) is 23.0 Å². The summed E-state index contributed by atoms with van der Waals surface area (Å²) in [4.78, 5) is 33.9. The van der Waals surface area contributed by atoms with Crippen molar-refractivity contribution in [3.05, 3.63) is 39.9 Å². The summed E-state index contributed by atoms with van der Waals surface area (Å²) in [6, 6.07) is 7.55. The number of aromatic amines is 1. The summed E-state index contributed by atoms with van der Waals surface area (Å²) < 4.78 is 0. The van der Waals surface area contributed by atoms with Crippen LogP contribution in [0.1, 0.15) is 44.5 Å². The molecule has 27 heavy (non-hydrogen) atoms. The predicted octanol–water partition coefficient (Wildman–Crippen LogP) is 2.25. The molecule has 2 aromatic rings. The first-order valence-electron chi connectivity index (χ1n) is 9.35. The van der Waals surface area contributed by atoms with E-state index in [4.69, 9.17) is 5.26 Å². The van der Waals surface area contributed by atoms with E-state index < -0.39 is 0 Å². The molecule has 0 fully saturated rings. The van der Waals surface area contributed by atoms with Gasteiger partial charge in [-0.2, -0.15) is 5.26 Å². The Kier molecular flexibility index (Phi) is 7.50. The van der Waals surface area contributed by atoms with Crippen LogP contribution in [0.5, 0.6) is 0 Å². The smallest absolute Gasteiger partial charge is 0.258 e. The zero-order valence-electron chi connectivity index (χ0n) is 16.2. The minimum absolute atomic E-state index is 0.0636. The fourth-order valence-corrected chi connectivity index (χ4v) is 2.95. The van der Waals surface area contributed by atoms with E-state index in [2.05, 4.69) is 26.3 Å². The van der Waals surface area contributed by atoms with Gasteiger partial charge in [0.15, 0.2) is 0 Å². The van der Waals surface area contributed by atoms with Crippen LogP contribution in [-0.2, 0) is 11.3 Å². The number of hydrogen-bond acceptors (Lipinski definition) is 5. The molecule has 0 aliphatic carbocycles. The lowest BCUT2D eigenvalue weighted by Gasteiger charge is -2.20. The van der Waals surface area contributed by atoms with Crippen LogP contribution in [0.3, 0.4) is 0 Å². The summed E-state index contributed by atoms with van der Waals surface area (Å²) >= 11 is 0. The first-order valence-corrected chi connectivity index (χ1v) is 9.35. The highest BCUT2D eigenvalue weighted by molar-refractivity contribution is 5.80. The van der Waals surface area contributed by atoms with Crippen molar-refractivity contribution >= 4 is 16.8 Å². The average molecular weight is 369 g/mol. The lowest BCUT2D eigenvalue weighted by molar-refractivity contribution is -0.122. The van der Waals surface area contributed by atoms with Crippen molar-refractivity contribution in [2.75, 3.05) is 13.1 Å². The fraction of sp³-hybridized carbons (Fsp3) is 0.500. The van der Waals surface area contributed by atoms with Gasteiger partial charge in [0.2, 0.25) is 5.91 Å². The number of nitriles is 1. The van der Waals surface area contributed by atoms with E-state index >= 15 is 0 Å². The van der Waals surface area contributed by atoms with Gasteiger partial charge in [0, 0.05) is 19.0 Å². The molecule has 1 aromatic heterocycles. The first-order chi connectivity index (χ1) is 13.0. The van der Waals surface area contributed by atoms with Gasteiger partial charge in [-0.1, -0.05) is 26.0 Å². The minimum Gasteiger partial charge on any atom is -0.352 e. The predicted molar refractivity (Wildman–Crippen MR) is 105 cm³/mol. The lowest BCUT2D eigenvalue weighted by Crippen LogP contribution is -2.36. The second kappa shape index (κ2) is 9.83. The van der Waals surface area contributed by atoms with Crippen molar-refractivity contribution in [3.63, 3.8) is 0 Å². The number of nitrogens with zero attached hydrogens (tertiary/aromatic N) is 3. The van der Waals surface area contributed by atoms with E-state index in [1.54, 1.807) is 6.07 Å². The van der Waals surface area contributed by atoms with Crippen molar-refractivity contribution in [2.45, 2.75) is 52.6 Å². The van der Waals surface area contributed by atoms with Gasteiger partial charge in [-0.15, -0.1) is 0 Å². The molecule has 0 spiro atoms. The summed E-state index contributed by atoms with van der Waals surface area (Å²) in [6.07, 6.45) is 1.40. The second-order valence-electron chi connectivity index (χ2n) is 6.64. The number of para-hydroxylation sites is 1. The number of carbonyl (C=O) groups excluding carboxylic acids is 1. The summed E-state index contributed by atoms with van der Waals surface area (Å²) in [5.74, 6) is 0.534. The quantitative estimate of drug-likeness (QED) is 0.706. The Bertz CT molecular complexity index is 884. The molecule has 0 aliphatic heterocycles. The zero-order chi connectivity index (χ0) is 19.8. The summed E-state index contributed by atoms with van der Waals surface area (Å²) in [5, 5.41) is 12.3. The molecule has 2 rings (SSSR count). The molecule has 1 atom stereocenters. The number of carbonyl (C=O) groups is 1. The van der Waals surface area contributed by atoms with E-state index in [-0.39, 0.29) is 17.5 Å².